The summed E-state index contributed by atoms with van der Waals surface area (Å²) in [5.74, 6) is -2.21. The molecule has 2 aromatic carbocycles. The number of carboxylic acids is 1. The van der Waals surface area contributed by atoms with Crippen molar-refractivity contribution in [3.05, 3.63) is 58.7 Å². The highest BCUT2D eigenvalue weighted by Gasteiger charge is 2.46. The Morgan fingerprint density at radius 1 is 1.16 bits per heavy atom. The average molecular weight is 443 g/mol. The quantitative estimate of drug-likeness (QED) is 0.678. The van der Waals surface area contributed by atoms with Gasteiger partial charge in [0.15, 0.2) is 11.6 Å². The van der Waals surface area contributed by atoms with Gasteiger partial charge in [0.1, 0.15) is 11.9 Å². The van der Waals surface area contributed by atoms with Crippen LogP contribution in [0, 0.1) is 11.6 Å². The summed E-state index contributed by atoms with van der Waals surface area (Å²) in [5.41, 5.74) is 3.27. The Hall–Kier alpha value is -2.67. The van der Waals surface area contributed by atoms with E-state index in [0.29, 0.717) is 25.3 Å². The van der Waals surface area contributed by atoms with Gasteiger partial charge in [0.25, 0.3) is 0 Å². The molecule has 0 saturated heterocycles. The van der Waals surface area contributed by atoms with Gasteiger partial charge in [0.2, 0.25) is 0 Å². The number of halogens is 2. The number of hydrogen-bond acceptors (Lipinski definition) is 4. The molecule has 0 spiro atoms. The summed E-state index contributed by atoms with van der Waals surface area (Å²) in [6, 6.07) is 8.82. The maximum Gasteiger partial charge on any atom is 0.304 e. The van der Waals surface area contributed by atoms with Crippen molar-refractivity contribution in [2.75, 3.05) is 18.6 Å². The highest BCUT2D eigenvalue weighted by Crippen LogP contribution is 2.51. The van der Waals surface area contributed by atoms with Crippen LogP contribution in [0.15, 0.2) is 30.3 Å². The van der Waals surface area contributed by atoms with E-state index in [4.69, 9.17) is 9.47 Å². The SMILES string of the molecule is CO[C@H]1C[C@H](Oc2cc(F)c(F)c(N3CCc4cc(C5(CC(=O)O)CC5)ccc4C3)c2)C1. The van der Waals surface area contributed by atoms with E-state index in [1.165, 1.54) is 0 Å². The number of carbonyl (C=O) groups is 1. The number of hydrogen-bond donors (Lipinski definition) is 1. The van der Waals surface area contributed by atoms with Crippen molar-refractivity contribution < 1.29 is 28.2 Å². The van der Waals surface area contributed by atoms with Crippen molar-refractivity contribution in [1.82, 2.24) is 0 Å². The normalized spacial score (nSPS) is 23.3. The first-order valence-electron chi connectivity index (χ1n) is 11.1. The van der Waals surface area contributed by atoms with Crippen LogP contribution in [0.4, 0.5) is 14.5 Å². The molecule has 1 heterocycles. The van der Waals surface area contributed by atoms with Crippen LogP contribution in [0.2, 0.25) is 0 Å². The molecule has 0 radical (unpaired) electrons. The van der Waals surface area contributed by atoms with E-state index in [2.05, 4.69) is 6.07 Å². The largest absolute Gasteiger partial charge is 0.490 e. The molecular formula is C25H27F2NO4. The van der Waals surface area contributed by atoms with Crippen molar-refractivity contribution in [3.8, 4) is 5.75 Å². The molecule has 0 amide bonds. The van der Waals surface area contributed by atoms with E-state index < -0.39 is 17.6 Å². The van der Waals surface area contributed by atoms with Gasteiger partial charge in [-0.1, -0.05) is 18.2 Å². The number of fused-ring (bicyclic) bond motifs is 1. The van der Waals surface area contributed by atoms with E-state index in [9.17, 15) is 18.7 Å². The molecule has 7 heteroatoms. The minimum Gasteiger partial charge on any atom is -0.490 e. The first-order chi connectivity index (χ1) is 15.4. The highest BCUT2D eigenvalue weighted by atomic mass is 19.2. The molecule has 2 fully saturated rings. The fourth-order valence-electron chi connectivity index (χ4n) is 4.94. The first kappa shape index (κ1) is 21.2. The van der Waals surface area contributed by atoms with Gasteiger partial charge >= 0.3 is 5.97 Å². The summed E-state index contributed by atoms with van der Waals surface area (Å²) in [6.45, 7) is 1.02. The lowest BCUT2D eigenvalue weighted by molar-refractivity contribution is -0.137. The second-order valence-electron chi connectivity index (χ2n) is 9.31. The number of aliphatic carboxylic acids is 1. The van der Waals surface area contributed by atoms with Gasteiger partial charge in [0.05, 0.1) is 18.2 Å². The second-order valence-corrected chi connectivity index (χ2v) is 9.31. The number of anilines is 1. The zero-order valence-corrected chi connectivity index (χ0v) is 18.1. The summed E-state index contributed by atoms with van der Waals surface area (Å²) in [6.07, 6.45) is 4.25. The molecule has 0 unspecified atom stereocenters. The monoisotopic (exact) mass is 443 g/mol. The van der Waals surface area contributed by atoms with E-state index in [1.54, 1.807) is 13.2 Å². The van der Waals surface area contributed by atoms with Crippen LogP contribution in [0.25, 0.3) is 0 Å². The highest BCUT2D eigenvalue weighted by molar-refractivity contribution is 5.70. The lowest BCUT2D eigenvalue weighted by Gasteiger charge is -2.35. The van der Waals surface area contributed by atoms with E-state index in [-0.39, 0.29) is 29.7 Å². The van der Waals surface area contributed by atoms with Gasteiger partial charge in [-0.3, -0.25) is 4.79 Å². The number of methoxy groups -OCH3 is 1. The van der Waals surface area contributed by atoms with Crippen molar-refractivity contribution >= 4 is 11.7 Å². The van der Waals surface area contributed by atoms with Crippen molar-refractivity contribution in [2.24, 2.45) is 0 Å². The minimum absolute atomic E-state index is 0.0429. The zero-order chi connectivity index (χ0) is 22.5. The van der Waals surface area contributed by atoms with Crippen LogP contribution in [-0.4, -0.2) is 36.9 Å². The summed E-state index contributed by atoms with van der Waals surface area (Å²) in [5, 5.41) is 9.23. The van der Waals surface area contributed by atoms with Gasteiger partial charge in [-0.2, -0.15) is 0 Å². The van der Waals surface area contributed by atoms with Crippen LogP contribution in [-0.2, 0) is 27.9 Å². The molecule has 5 rings (SSSR count). The summed E-state index contributed by atoms with van der Waals surface area (Å²) < 4.78 is 40.1. The molecule has 32 heavy (non-hydrogen) atoms. The Kier molecular flexibility index (Phi) is 5.32. The molecule has 2 aromatic rings. The Morgan fingerprint density at radius 3 is 2.62 bits per heavy atom. The summed E-state index contributed by atoms with van der Waals surface area (Å²) >= 11 is 0. The molecule has 1 aliphatic heterocycles. The Balaban J connectivity index is 1.34. The molecule has 2 aliphatic carbocycles. The Bertz CT molecular complexity index is 1050. The summed E-state index contributed by atoms with van der Waals surface area (Å²) in [7, 11) is 1.66. The predicted octanol–water partition coefficient (Wildman–Crippen LogP) is 4.59. The third-order valence-corrected chi connectivity index (χ3v) is 7.18. The second kappa shape index (κ2) is 8.03. The Morgan fingerprint density at radius 2 is 1.94 bits per heavy atom. The standard InChI is InChI=1S/C25H27F2NO4/c1-31-18-9-19(10-18)32-20-11-21(26)24(27)22(12-20)28-7-4-15-8-17(3-2-16(15)14-28)25(5-6-25)13-23(29)30/h2-3,8,11-12,18-19H,4-7,9-10,13-14H2,1H3,(H,29,30)/t18-,19-. The third kappa shape index (κ3) is 3.94. The fraction of sp³-hybridized carbons (Fsp3) is 0.480. The van der Waals surface area contributed by atoms with E-state index >= 15 is 0 Å². The number of rotatable bonds is 7. The van der Waals surface area contributed by atoms with Crippen LogP contribution >= 0.6 is 0 Å². The lowest BCUT2D eigenvalue weighted by Crippen LogP contribution is -2.39. The number of ether oxygens (including phenoxy) is 2. The van der Waals surface area contributed by atoms with E-state index in [0.717, 1.165) is 48.4 Å². The smallest absolute Gasteiger partial charge is 0.304 e. The maximum absolute atomic E-state index is 14.7. The number of carboxylic acid groups (broad SMARTS) is 1. The number of benzene rings is 2. The van der Waals surface area contributed by atoms with Crippen LogP contribution in [0.1, 0.15) is 48.8 Å². The van der Waals surface area contributed by atoms with Gasteiger partial charge in [-0.15, -0.1) is 0 Å². The summed E-state index contributed by atoms with van der Waals surface area (Å²) in [4.78, 5) is 13.1. The molecule has 0 atom stereocenters. The molecule has 170 valence electrons. The first-order valence-corrected chi connectivity index (χ1v) is 11.1. The van der Waals surface area contributed by atoms with Crippen LogP contribution < -0.4 is 9.64 Å². The van der Waals surface area contributed by atoms with Gasteiger partial charge in [-0.25, -0.2) is 8.78 Å². The van der Waals surface area contributed by atoms with Gasteiger partial charge in [-0.05, 0) is 36.0 Å². The average Bonchev–Trinajstić information content (AvgIpc) is 3.51. The fourth-order valence-corrected chi connectivity index (χ4v) is 4.94. The van der Waals surface area contributed by atoms with Crippen molar-refractivity contribution in [1.29, 1.82) is 0 Å². The zero-order valence-electron chi connectivity index (χ0n) is 18.1. The molecule has 0 aromatic heterocycles. The topological polar surface area (TPSA) is 59.0 Å². The molecule has 2 saturated carbocycles. The van der Waals surface area contributed by atoms with Gasteiger partial charge in [0, 0.05) is 50.6 Å². The van der Waals surface area contributed by atoms with Crippen LogP contribution in [0.3, 0.4) is 0 Å². The van der Waals surface area contributed by atoms with E-state index in [1.807, 2.05) is 17.0 Å². The molecule has 5 nitrogen and oxygen atoms in total. The molecule has 1 N–H and O–H groups in total. The van der Waals surface area contributed by atoms with Crippen LogP contribution in [0.5, 0.6) is 5.75 Å². The lowest BCUT2D eigenvalue weighted by atomic mass is 9.88. The molecule has 3 aliphatic rings. The van der Waals surface area contributed by atoms with Crippen molar-refractivity contribution in [3.63, 3.8) is 0 Å². The third-order valence-electron chi connectivity index (χ3n) is 7.18. The van der Waals surface area contributed by atoms with Crippen molar-refractivity contribution in [2.45, 2.75) is 62.7 Å². The minimum atomic E-state index is -0.911. The molecular weight excluding hydrogens is 416 g/mol. The molecule has 0 bridgehead atoms. The number of nitrogens with zero attached hydrogens (tertiary/aromatic N) is 1. The Labute approximate surface area is 185 Å². The maximum atomic E-state index is 14.7. The predicted molar refractivity (Wildman–Crippen MR) is 115 cm³/mol. The van der Waals surface area contributed by atoms with Gasteiger partial charge < -0.3 is 19.5 Å².